The normalized spacial score (nSPS) is 10.8. The topological polar surface area (TPSA) is 112 Å². The molecule has 2 rings (SSSR count). The van der Waals surface area contributed by atoms with Crippen LogP contribution >= 0.6 is 0 Å². The minimum absolute atomic E-state index is 0.249. The Kier molecular flexibility index (Phi) is 4.02. The number of nitrogens with zero attached hydrogens (tertiary/aromatic N) is 4. The molecule has 108 valence electrons. The maximum atomic E-state index is 12.1. The molecule has 0 aromatic carbocycles. The predicted octanol–water partition coefficient (Wildman–Crippen LogP) is 0.458. The number of amides is 1. The number of carbonyl (C=O) groups excluding carboxylic acids is 1. The molecule has 2 aromatic rings. The van der Waals surface area contributed by atoms with Crippen molar-refractivity contribution in [2.24, 2.45) is 0 Å². The number of rotatable bonds is 5. The number of nitrogens with two attached hydrogens (primary N) is 1. The summed E-state index contributed by atoms with van der Waals surface area (Å²) in [5.74, 6) is 0.826. The summed E-state index contributed by atoms with van der Waals surface area (Å²) in [6.45, 7) is 6.41. The third kappa shape index (κ3) is 2.79. The van der Waals surface area contributed by atoms with Gasteiger partial charge in [-0.3, -0.25) is 9.48 Å². The van der Waals surface area contributed by atoms with Crippen LogP contribution in [-0.2, 0) is 13.0 Å². The molecule has 0 bridgehead atoms. The Morgan fingerprint density at radius 2 is 2.20 bits per heavy atom. The molecule has 0 fully saturated rings. The van der Waals surface area contributed by atoms with Gasteiger partial charge in [0.1, 0.15) is 5.69 Å². The van der Waals surface area contributed by atoms with Crippen LogP contribution in [0.1, 0.15) is 34.8 Å². The van der Waals surface area contributed by atoms with Gasteiger partial charge in [0, 0.05) is 19.5 Å². The zero-order valence-electron chi connectivity index (χ0n) is 11.8. The summed E-state index contributed by atoms with van der Waals surface area (Å²) in [7, 11) is 0. The van der Waals surface area contributed by atoms with Crippen molar-refractivity contribution in [1.29, 1.82) is 0 Å². The van der Waals surface area contributed by atoms with Crippen molar-refractivity contribution < 1.29 is 9.32 Å². The van der Waals surface area contributed by atoms with E-state index in [2.05, 4.69) is 20.6 Å². The van der Waals surface area contributed by atoms with E-state index >= 15 is 0 Å². The van der Waals surface area contributed by atoms with Crippen molar-refractivity contribution in [3.05, 3.63) is 23.1 Å². The minimum atomic E-state index is -0.249. The Hall–Kier alpha value is -2.38. The van der Waals surface area contributed by atoms with Crippen molar-refractivity contribution in [2.75, 3.05) is 12.3 Å². The quantitative estimate of drug-likeness (QED) is 0.821. The van der Waals surface area contributed by atoms with E-state index in [0.29, 0.717) is 48.3 Å². The number of hydrogen-bond donors (Lipinski definition) is 2. The fourth-order valence-electron chi connectivity index (χ4n) is 1.87. The molecule has 2 heterocycles. The van der Waals surface area contributed by atoms with E-state index in [4.69, 9.17) is 10.3 Å². The van der Waals surface area contributed by atoms with Crippen LogP contribution in [0.25, 0.3) is 0 Å². The molecule has 0 unspecified atom stereocenters. The van der Waals surface area contributed by atoms with Gasteiger partial charge >= 0.3 is 0 Å². The Bertz CT molecular complexity index is 615. The van der Waals surface area contributed by atoms with Gasteiger partial charge in [0.15, 0.2) is 5.82 Å². The molecule has 3 N–H and O–H groups in total. The van der Waals surface area contributed by atoms with Crippen LogP contribution in [0.3, 0.4) is 0 Å². The first-order valence-corrected chi connectivity index (χ1v) is 6.43. The van der Waals surface area contributed by atoms with Crippen LogP contribution in [0.4, 0.5) is 5.69 Å². The van der Waals surface area contributed by atoms with E-state index in [0.717, 1.165) is 0 Å². The number of nitrogens with one attached hydrogen (secondary N) is 1. The Morgan fingerprint density at radius 1 is 1.45 bits per heavy atom. The lowest BCUT2D eigenvalue weighted by Crippen LogP contribution is -2.28. The highest BCUT2D eigenvalue weighted by Gasteiger charge is 2.18. The van der Waals surface area contributed by atoms with E-state index in [1.54, 1.807) is 18.5 Å². The first-order chi connectivity index (χ1) is 9.52. The summed E-state index contributed by atoms with van der Waals surface area (Å²) in [5.41, 5.74) is 7.35. The maximum Gasteiger partial charge on any atom is 0.271 e. The predicted molar refractivity (Wildman–Crippen MR) is 72.1 cm³/mol. The standard InChI is InChI=1S/C12H18N6O2/c1-4-18-11(10(13)7(2)16-18)12(19)14-6-5-9-15-8(3)17-20-9/h4-6,13H2,1-3H3,(H,14,19). The highest BCUT2D eigenvalue weighted by atomic mass is 16.5. The highest BCUT2D eigenvalue weighted by Crippen LogP contribution is 2.16. The van der Waals surface area contributed by atoms with Crippen LogP contribution in [0.5, 0.6) is 0 Å². The van der Waals surface area contributed by atoms with Gasteiger partial charge in [-0.1, -0.05) is 5.16 Å². The number of hydrogen-bond acceptors (Lipinski definition) is 6. The Balaban J connectivity index is 1.98. The monoisotopic (exact) mass is 278 g/mol. The largest absolute Gasteiger partial charge is 0.395 e. The molecule has 1 amide bonds. The molecule has 8 nitrogen and oxygen atoms in total. The van der Waals surface area contributed by atoms with Gasteiger partial charge in [-0.05, 0) is 20.8 Å². The van der Waals surface area contributed by atoms with Crippen molar-refractivity contribution in [2.45, 2.75) is 33.7 Å². The molecule has 2 aromatic heterocycles. The average Bonchev–Trinajstić information content (AvgIpc) is 2.94. The van der Waals surface area contributed by atoms with Crippen molar-refractivity contribution >= 4 is 11.6 Å². The zero-order chi connectivity index (χ0) is 14.7. The summed E-state index contributed by atoms with van der Waals surface area (Å²) in [5, 5.41) is 10.7. The zero-order valence-corrected chi connectivity index (χ0v) is 11.8. The molecule has 0 aliphatic heterocycles. The van der Waals surface area contributed by atoms with E-state index in [1.807, 2.05) is 6.92 Å². The highest BCUT2D eigenvalue weighted by molar-refractivity contribution is 5.97. The lowest BCUT2D eigenvalue weighted by Gasteiger charge is -2.06. The Labute approximate surface area is 116 Å². The molecule has 8 heteroatoms. The lowest BCUT2D eigenvalue weighted by molar-refractivity contribution is 0.0943. The summed E-state index contributed by atoms with van der Waals surface area (Å²) in [6.07, 6.45) is 0.478. The van der Waals surface area contributed by atoms with Gasteiger partial charge in [-0.25, -0.2) is 0 Å². The van der Waals surface area contributed by atoms with E-state index in [-0.39, 0.29) is 5.91 Å². The second kappa shape index (κ2) is 5.72. The molecular weight excluding hydrogens is 260 g/mol. The minimum Gasteiger partial charge on any atom is -0.395 e. The van der Waals surface area contributed by atoms with Gasteiger partial charge < -0.3 is 15.6 Å². The molecule has 0 saturated heterocycles. The molecule has 0 radical (unpaired) electrons. The third-order valence-corrected chi connectivity index (χ3v) is 2.88. The van der Waals surface area contributed by atoms with Crippen molar-refractivity contribution in [3.63, 3.8) is 0 Å². The summed E-state index contributed by atoms with van der Waals surface area (Å²) < 4.78 is 6.56. The van der Waals surface area contributed by atoms with Gasteiger partial charge in [0.05, 0.1) is 11.4 Å². The Morgan fingerprint density at radius 3 is 2.80 bits per heavy atom. The van der Waals surface area contributed by atoms with E-state index < -0.39 is 0 Å². The molecule has 0 aliphatic carbocycles. The van der Waals surface area contributed by atoms with Crippen LogP contribution in [0.15, 0.2) is 4.52 Å². The second-order valence-electron chi connectivity index (χ2n) is 4.40. The molecule has 0 saturated carbocycles. The van der Waals surface area contributed by atoms with E-state index in [9.17, 15) is 4.79 Å². The van der Waals surface area contributed by atoms with Crippen molar-refractivity contribution in [1.82, 2.24) is 25.2 Å². The number of carbonyl (C=O) groups is 1. The van der Waals surface area contributed by atoms with Crippen LogP contribution in [0, 0.1) is 13.8 Å². The first-order valence-electron chi connectivity index (χ1n) is 6.43. The van der Waals surface area contributed by atoms with Gasteiger partial charge in [0.2, 0.25) is 5.89 Å². The molecule has 20 heavy (non-hydrogen) atoms. The number of aryl methyl sites for hydroxylation is 3. The van der Waals surface area contributed by atoms with Crippen LogP contribution in [-0.4, -0.2) is 32.4 Å². The molecule has 0 aliphatic rings. The number of aromatic nitrogens is 4. The van der Waals surface area contributed by atoms with Gasteiger partial charge in [-0.2, -0.15) is 10.1 Å². The fourth-order valence-corrected chi connectivity index (χ4v) is 1.87. The second-order valence-corrected chi connectivity index (χ2v) is 4.40. The molecule has 0 atom stereocenters. The van der Waals surface area contributed by atoms with Gasteiger partial charge in [-0.15, -0.1) is 0 Å². The average molecular weight is 278 g/mol. The first kappa shape index (κ1) is 14.0. The van der Waals surface area contributed by atoms with Crippen LogP contribution in [0.2, 0.25) is 0 Å². The fraction of sp³-hybridized carbons (Fsp3) is 0.500. The smallest absolute Gasteiger partial charge is 0.271 e. The van der Waals surface area contributed by atoms with Gasteiger partial charge in [0.25, 0.3) is 5.91 Å². The third-order valence-electron chi connectivity index (χ3n) is 2.88. The SMILES string of the molecule is CCn1nc(C)c(N)c1C(=O)NCCc1nc(C)no1. The number of nitrogen functional groups attached to an aromatic ring is 1. The molecule has 0 spiro atoms. The summed E-state index contributed by atoms with van der Waals surface area (Å²) in [6, 6.07) is 0. The van der Waals surface area contributed by atoms with E-state index in [1.165, 1.54) is 0 Å². The van der Waals surface area contributed by atoms with Crippen molar-refractivity contribution in [3.8, 4) is 0 Å². The molecular formula is C12H18N6O2. The van der Waals surface area contributed by atoms with Crippen LogP contribution < -0.4 is 11.1 Å². The maximum absolute atomic E-state index is 12.1. The summed E-state index contributed by atoms with van der Waals surface area (Å²) >= 11 is 0. The number of anilines is 1. The lowest BCUT2D eigenvalue weighted by atomic mass is 10.3. The summed E-state index contributed by atoms with van der Waals surface area (Å²) in [4.78, 5) is 16.2.